The maximum Gasteiger partial charge on any atom is 0.270 e. The molecule has 0 bridgehead atoms. The summed E-state index contributed by atoms with van der Waals surface area (Å²) in [5, 5.41) is 10.0. The summed E-state index contributed by atoms with van der Waals surface area (Å²) >= 11 is 6.94. The van der Waals surface area contributed by atoms with Gasteiger partial charge in [-0.25, -0.2) is 0 Å². The molecule has 1 aromatic heterocycles. The molecule has 222 valence electrons. The van der Waals surface area contributed by atoms with E-state index >= 15 is 0 Å². The fraction of sp³-hybridized carbons (Fsp3) is 0.371. The summed E-state index contributed by atoms with van der Waals surface area (Å²) in [5.74, 6) is 1.24. The van der Waals surface area contributed by atoms with Crippen molar-refractivity contribution in [3.8, 4) is 6.07 Å². The van der Waals surface area contributed by atoms with E-state index in [2.05, 4.69) is 42.2 Å². The lowest BCUT2D eigenvalue weighted by Crippen LogP contribution is -2.40. The van der Waals surface area contributed by atoms with Crippen molar-refractivity contribution >= 4 is 46.1 Å². The van der Waals surface area contributed by atoms with E-state index in [1.165, 1.54) is 17.3 Å². The summed E-state index contributed by atoms with van der Waals surface area (Å²) < 4.78 is 2.29. The Morgan fingerprint density at radius 3 is 2.37 bits per heavy atom. The molecule has 2 saturated heterocycles. The molecule has 2 aromatic carbocycles. The molecular weight excluding hydrogens is 573 g/mol. The topological polar surface area (TPSA) is 69.3 Å². The van der Waals surface area contributed by atoms with Gasteiger partial charge in [0, 0.05) is 25.2 Å². The van der Waals surface area contributed by atoms with Gasteiger partial charge in [0.2, 0.25) is 0 Å². The SMILES string of the molecule is CCCCn1c(N2CCC(Cc3ccccc3)CC2)c(/C=C2\SC(=S)N(Cc3ccc(C)cc3)C2=O)c(C)c(C#N)c1=O. The monoisotopic (exact) mass is 610 g/mol. The van der Waals surface area contributed by atoms with Gasteiger partial charge in [0.15, 0.2) is 0 Å². The Morgan fingerprint density at radius 1 is 1.02 bits per heavy atom. The number of thioether (sulfide) groups is 1. The van der Waals surface area contributed by atoms with Crippen LogP contribution in [0.5, 0.6) is 0 Å². The molecule has 0 aliphatic carbocycles. The molecule has 5 rings (SSSR count). The van der Waals surface area contributed by atoms with Crippen LogP contribution < -0.4 is 10.5 Å². The molecule has 2 aliphatic heterocycles. The summed E-state index contributed by atoms with van der Waals surface area (Å²) in [7, 11) is 0. The highest BCUT2D eigenvalue weighted by Crippen LogP contribution is 2.37. The maximum atomic E-state index is 13.7. The molecule has 0 radical (unpaired) electrons. The van der Waals surface area contributed by atoms with Crippen molar-refractivity contribution in [1.82, 2.24) is 9.47 Å². The quantitative estimate of drug-likeness (QED) is 0.192. The Labute approximate surface area is 264 Å². The lowest BCUT2D eigenvalue weighted by molar-refractivity contribution is -0.122. The highest BCUT2D eigenvalue weighted by atomic mass is 32.2. The minimum Gasteiger partial charge on any atom is -0.357 e. The zero-order valence-corrected chi connectivity index (χ0v) is 26.8. The van der Waals surface area contributed by atoms with E-state index in [1.807, 2.05) is 50.3 Å². The molecule has 3 aromatic rings. The zero-order valence-electron chi connectivity index (χ0n) is 25.1. The second kappa shape index (κ2) is 13.7. The van der Waals surface area contributed by atoms with Gasteiger partial charge in [0.05, 0.1) is 11.4 Å². The van der Waals surface area contributed by atoms with Gasteiger partial charge in [-0.3, -0.25) is 19.1 Å². The molecule has 0 saturated carbocycles. The van der Waals surface area contributed by atoms with E-state index in [9.17, 15) is 14.9 Å². The number of benzene rings is 2. The summed E-state index contributed by atoms with van der Waals surface area (Å²) in [6.45, 7) is 8.51. The number of nitrogens with zero attached hydrogens (tertiary/aromatic N) is 4. The van der Waals surface area contributed by atoms with E-state index in [1.54, 1.807) is 9.47 Å². The number of aromatic nitrogens is 1. The molecule has 3 heterocycles. The van der Waals surface area contributed by atoms with Gasteiger partial charge in [-0.05, 0) is 68.2 Å². The minimum absolute atomic E-state index is 0.139. The van der Waals surface area contributed by atoms with Crippen LogP contribution >= 0.6 is 24.0 Å². The van der Waals surface area contributed by atoms with Crippen LogP contribution in [0.4, 0.5) is 5.82 Å². The van der Waals surface area contributed by atoms with E-state index in [4.69, 9.17) is 12.2 Å². The van der Waals surface area contributed by atoms with E-state index in [0.29, 0.717) is 33.8 Å². The van der Waals surface area contributed by atoms with Gasteiger partial charge in [0.25, 0.3) is 11.5 Å². The summed E-state index contributed by atoms with van der Waals surface area (Å²) in [4.78, 5) is 31.8. The molecular formula is C35H38N4O2S2. The van der Waals surface area contributed by atoms with Crippen LogP contribution in [0.25, 0.3) is 6.08 Å². The number of rotatable bonds is 9. The molecule has 43 heavy (non-hydrogen) atoms. The number of hydrogen-bond donors (Lipinski definition) is 0. The number of aryl methyl sites for hydroxylation is 1. The summed E-state index contributed by atoms with van der Waals surface area (Å²) in [6.07, 6.45) is 6.68. The summed E-state index contributed by atoms with van der Waals surface area (Å²) in [5.41, 5.74) is 4.79. The third-order valence-electron chi connectivity index (χ3n) is 8.47. The van der Waals surface area contributed by atoms with E-state index in [-0.39, 0.29) is 17.0 Å². The first kappa shape index (κ1) is 30.8. The van der Waals surface area contributed by atoms with Gasteiger partial charge in [-0.15, -0.1) is 0 Å². The molecule has 0 N–H and O–H groups in total. The van der Waals surface area contributed by atoms with Crippen molar-refractivity contribution < 1.29 is 4.79 Å². The Hall–Kier alpha value is -3.67. The number of pyridine rings is 1. The minimum atomic E-state index is -0.251. The van der Waals surface area contributed by atoms with Crippen LogP contribution in [0.1, 0.15) is 66.0 Å². The maximum absolute atomic E-state index is 13.7. The first-order chi connectivity index (χ1) is 20.8. The second-order valence-electron chi connectivity index (χ2n) is 11.5. The number of amides is 1. The second-order valence-corrected chi connectivity index (χ2v) is 13.2. The average Bonchev–Trinajstić information content (AvgIpc) is 3.27. The van der Waals surface area contributed by atoms with Crippen molar-refractivity contribution in [2.45, 2.75) is 66.0 Å². The van der Waals surface area contributed by atoms with Crippen molar-refractivity contribution in [3.05, 3.63) is 103 Å². The third-order valence-corrected chi connectivity index (χ3v) is 9.85. The van der Waals surface area contributed by atoms with Gasteiger partial charge in [-0.1, -0.05) is 97.5 Å². The standard InChI is InChI=1S/C35H38N4O2S2/c1-4-5-17-38-32(37-18-15-27(16-19-37)20-26-9-7-6-8-10-26)29(25(3)30(22-36)33(38)40)21-31-34(41)39(35(42)43-31)23-28-13-11-24(2)12-14-28/h6-14,21,27H,4-5,15-20,23H2,1-3H3/b31-21-. The predicted octanol–water partition coefficient (Wildman–Crippen LogP) is 7.00. The normalized spacial score (nSPS) is 16.7. The van der Waals surface area contributed by atoms with Gasteiger partial charge < -0.3 is 4.90 Å². The van der Waals surface area contributed by atoms with Gasteiger partial charge >= 0.3 is 0 Å². The van der Waals surface area contributed by atoms with Crippen LogP contribution in [0.15, 0.2) is 64.3 Å². The fourth-order valence-corrected chi connectivity index (χ4v) is 7.19. The Bertz CT molecular complexity index is 1630. The molecule has 0 spiro atoms. The molecule has 0 atom stereocenters. The van der Waals surface area contributed by atoms with Crippen LogP contribution in [0.3, 0.4) is 0 Å². The molecule has 8 heteroatoms. The largest absolute Gasteiger partial charge is 0.357 e. The van der Waals surface area contributed by atoms with Gasteiger partial charge in [-0.2, -0.15) is 5.26 Å². The average molecular weight is 611 g/mol. The first-order valence-electron chi connectivity index (χ1n) is 15.1. The molecule has 1 amide bonds. The number of hydrogen-bond acceptors (Lipinski definition) is 6. The molecule has 6 nitrogen and oxygen atoms in total. The Balaban J connectivity index is 1.50. The van der Waals surface area contributed by atoms with Crippen molar-refractivity contribution in [1.29, 1.82) is 5.26 Å². The van der Waals surface area contributed by atoms with Crippen molar-refractivity contribution in [2.75, 3.05) is 18.0 Å². The highest BCUT2D eigenvalue weighted by Gasteiger charge is 2.34. The van der Waals surface area contributed by atoms with E-state index in [0.717, 1.165) is 67.7 Å². The summed E-state index contributed by atoms with van der Waals surface area (Å²) in [6, 6.07) is 20.9. The number of anilines is 1. The van der Waals surface area contributed by atoms with Crippen molar-refractivity contribution in [2.24, 2.45) is 5.92 Å². The number of piperidine rings is 1. The van der Waals surface area contributed by atoms with Crippen LogP contribution in [-0.2, 0) is 24.3 Å². The number of thiocarbonyl (C=S) groups is 1. The number of carbonyl (C=O) groups excluding carboxylic acids is 1. The van der Waals surface area contributed by atoms with Crippen LogP contribution in [-0.4, -0.2) is 32.8 Å². The number of nitriles is 1. The Morgan fingerprint density at radius 2 is 1.72 bits per heavy atom. The lowest BCUT2D eigenvalue weighted by atomic mass is 9.90. The number of unbranched alkanes of at least 4 members (excludes halogenated alkanes) is 1. The molecule has 2 fully saturated rings. The zero-order chi connectivity index (χ0) is 30.5. The first-order valence-corrected chi connectivity index (χ1v) is 16.3. The third kappa shape index (κ3) is 6.79. The highest BCUT2D eigenvalue weighted by molar-refractivity contribution is 8.26. The van der Waals surface area contributed by atoms with E-state index < -0.39 is 0 Å². The van der Waals surface area contributed by atoms with Gasteiger partial charge in [0.1, 0.15) is 21.8 Å². The molecule has 2 aliphatic rings. The smallest absolute Gasteiger partial charge is 0.270 e. The predicted molar refractivity (Wildman–Crippen MR) is 180 cm³/mol. The van der Waals surface area contributed by atoms with Crippen LogP contribution in [0.2, 0.25) is 0 Å². The Kier molecular flexibility index (Phi) is 9.84. The fourth-order valence-electron chi connectivity index (χ4n) is 5.95. The van der Waals surface area contributed by atoms with Crippen LogP contribution in [0, 0.1) is 31.1 Å². The lowest BCUT2D eigenvalue weighted by Gasteiger charge is -2.36. The van der Waals surface area contributed by atoms with Crippen molar-refractivity contribution in [3.63, 3.8) is 0 Å². The number of carbonyl (C=O) groups is 1. The molecule has 0 unspecified atom stereocenters.